The van der Waals surface area contributed by atoms with Gasteiger partial charge in [0.2, 0.25) is 5.91 Å². The van der Waals surface area contributed by atoms with Crippen molar-refractivity contribution in [3.63, 3.8) is 0 Å². The molecule has 1 aromatic rings. The number of likely N-dealkylation sites (tertiary alicyclic amines) is 1. The predicted octanol–water partition coefficient (Wildman–Crippen LogP) is 4.20. The molecule has 4 nitrogen and oxygen atoms in total. The molecule has 1 amide bonds. The highest BCUT2D eigenvalue weighted by Gasteiger charge is 2.33. The molecule has 0 aliphatic carbocycles. The van der Waals surface area contributed by atoms with E-state index in [4.69, 9.17) is 4.74 Å². The Hall–Kier alpha value is -1.91. The lowest BCUT2D eigenvalue weighted by Crippen LogP contribution is -2.38. The van der Waals surface area contributed by atoms with E-state index in [1.54, 1.807) is 4.90 Å². The first-order chi connectivity index (χ1) is 12.9. The molecular formula is C23H32N2O2. The molecule has 0 aromatic heterocycles. The minimum Gasteiger partial charge on any atom is -0.376 e. The number of hydrogen-bond acceptors (Lipinski definition) is 3. The maximum Gasteiger partial charge on any atom is 0.235 e. The standard InChI is InChI=1S/C23H32N2O2/c1-23(2,3)22(26)25-14-12-19(17-27-16-18-9-6-5-7-10-18)20(15-25)21-11-8-13-24(21)4/h5-7,9-10,12,14-15,19,21H,8,11,13,16-17H2,1-4H3. The van der Waals surface area contributed by atoms with Crippen LogP contribution in [0.15, 0.2) is 54.4 Å². The van der Waals surface area contributed by atoms with E-state index in [2.05, 4.69) is 36.4 Å². The second kappa shape index (κ2) is 8.41. The molecule has 1 aromatic carbocycles. The van der Waals surface area contributed by atoms with E-state index in [1.165, 1.54) is 17.6 Å². The van der Waals surface area contributed by atoms with Crippen LogP contribution in [0.5, 0.6) is 0 Å². The highest BCUT2D eigenvalue weighted by molar-refractivity contribution is 5.83. The number of amides is 1. The molecule has 0 radical (unpaired) electrons. The van der Waals surface area contributed by atoms with Crippen molar-refractivity contribution in [2.45, 2.75) is 46.3 Å². The van der Waals surface area contributed by atoms with Crippen molar-refractivity contribution in [2.75, 3.05) is 20.2 Å². The minimum atomic E-state index is -0.399. The Morgan fingerprint density at radius 3 is 2.59 bits per heavy atom. The van der Waals surface area contributed by atoms with Gasteiger partial charge in [-0.2, -0.15) is 0 Å². The van der Waals surface area contributed by atoms with E-state index in [1.807, 2.05) is 45.2 Å². The summed E-state index contributed by atoms with van der Waals surface area (Å²) in [6, 6.07) is 10.6. The number of carbonyl (C=O) groups excluding carboxylic acids is 1. The molecule has 27 heavy (non-hydrogen) atoms. The predicted molar refractivity (Wildman–Crippen MR) is 109 cm³/mol. The third kappa shape index (κ3) is 4.88. The summed E-state index contributed by atoms with van der Waals surface area (Å²) >= 11 is 0. The number of likely N-dealkylation sites (N-methyl/N-ethyl adjacent to an activating group) is 1. The number of benzene rings is 1. The molecule has 2 heterocycles. The van der Waals surface area contributed by atoms with Crippen LogP contribution in [0.1, 0.15) is 39.2 Å². The number of nitrogens with zero attached hydrogens (tertiary/aromatic N) is 2. The number of carbonyl (C=O) groups is 1. The maximum atomic E-state index is 12.8. The van der Waals surface area contributed by atoms with Crippen molar-refractivity contribution in [1.29, 1.82) is 0 Å². The minimum absolute atomic E-state index is 0.126. The third-order valence-corrected chi connectivity index (χ3v) is 5.39. The second-order valence-corrected chi connectivity index (χ2v) is 8.68. The van der Waals surface area contributed by atoms with Crippen LogP contribution in [0.4, 0.5) is 0 Å². The molecule has 2 aliphatic heterocycles. The van der Waals surface area contributed by atoms with Crippen molar-refractivity contribution in [1.82, 2.24) is 9.80 Å². The SMILES string of the molecule is CN1CCCC1C1=CN(C(=O)C(C)(C)C)C=CC1COCc1ccccc1. The summed E-state index contributed by atoms with van der Waals surface area (Å²) in [6.07, 6.45) is 8.46. The van der Waals surface area contributed by atoms with Gasteiger partial charge in [0.1, 0.15) is 0 Å². The van der Waals surface area contributed by atoms with Crippen LogP contribution in [-0.4, -0.2) is 41.9 Å². The van der Waals surface area contributed by atoms with Crippen LogP contribution < -0.4 is 0 Å². The van der Waals surface area contributed by atoms with Crippen LogP contribution in [0, 0.1) is 11.3 Å². The van der Waals surface area contributed by atoms with Crippen molar-refractivity contribution in [2.24, 2.45) is 11.3 Å². The molecule has 4 heteroatoms. The molecule has 3 rings (SSSR count). The Morgan fingerprint density at radius 1 is 1.22 bits per heavy atom. The average Bonchev–Trinajstić information content (AvgIpc) is 3.07. The maximum absolute atomic E-state index is 12.8. The monoisotopic (exact) mass is 368 g/mol. The Kier molecular flexibility index (Phi) is 6.18. The number of hydrogen-bond donors (Lipinski definition) is 0. The number of ether oxygens (including phenoxy) is 1. The zero-order chi connectivity index (χ0) is 19.4. The average molecular weight is 369 g/mol. The van der Waals surface area contributed by atoms with Gasteiger partial charge < -0.3 is 4.74 Å². The van der Waals surface area contributed by atoms with E-state index >= 15 is 0 Å². The zero-order valence-electron chi connectivity index (χ0n) is 17.0. The molecule has 2 unspecified atom stereocenters. The topological polar surface area (TPSA) is 32.8 Å². The lowest BCUT2D eigenvalue weighted by atomic mass is 9.89. The van der Waals surface area contributed by atoms with Gasteiger partial charge in [-0.1, -0.05) is 57.2 Å². The lowest BCUT2D eigenvalue weighted by molar-refractivity contribution is -0.134. The van der Waals surface area contributed by atoms with Gasteiger partial charge in [0, 0.05) is 29.8 Å². The van der Waals surface area contributed by atoms with Gasteiger partial charge >= 0.3 is 0 Å². The van der Waals surface area contributed by atoms with Gasteiger partial charge in [-0.15, -0.1) is 0 Å². The van der Waals surface area contributed by atoms with Crippen LogP contribution in [-0.2, 0) is 16.1 Å². The molecule has 146 valence electrons. The summed E-state index contributed by atoms with van der Waals surface area (Å²) in [5.74, 6) is 0.337. The van der Waals surface area contributed by atoms with Crippen molar-refractivity contribution in [3.05, 3.63) is 59.9 Å². The molecule has 0 bridgehead atoms. The Labute approximate surface area is 163 Å². The van der Waals surface area contributed by atoms with E-state index in [-0.39, 0.29) is 11.8 Å². The van der Waals surface area contributed by atoms with Crippen LogP contribution >= 0.6 is 0 Å². The molecule has 0 spiro atoms. The highest BCUT2D eigenvalue weighted by Crippen LogP contribution is 2.32. The van der Waals surface area contributed by atoms with Crippen molar-refractivity contribution >= 4 is 5.91 Å². The molecule has 0 saturated carbocycles. The fraction of sp³-hybridized carbons (Fsp3) is 0.522. The Bertz CT molecular complexity index is 703. The summed E-state index contributed by atoms with van der Waals surface area (Å²) in [7, 11) is 2.18. The molecular weight excluding hydrogens is 336 g/mol. The summed E-state index contributed by atoms with van der Waals surface area (Å²) in [4.78, 5) is 16.9. The largest absolute Gasteiger partial charge is 0.376 e. The Balaban J connectivity index is 1.72. The second-order valence-electron chi connectivity index (χ2n) is 8.68. The lowest BCUT2D eigenvalue weighted by Gasteiger charge is -2.34. The quantitative estimate of drug-likeness (QED) is 0.781. The van der Waals surface area contributed by atoms with Crippen LogP contribution in [0.3, 0.4) is 0 Å². The van der Waals surface area contributed by atoms with Gasteiger partial charge in [-0.05, 0) is 37.6 Å². The first kappa shape index (κ1) is 19.8. The number of rotatable bonds is 5. The summed E-state index contributed by atoms with van der Waals surface area (Å²) < 4.78 is 6.03. The molecule has 0 N–H and O–H groups in total. The molecule has 2 aliphatic rings. The summed E-state index contributed by atoms with van der Waals surface area (Å²) in [5.41, 5.74) is 2.08. The van der Waals surface area contributed by atoms with Gasteiger partial charge in [0.15, 0.2) is 0 Å². The van der Waals surface area contributed by atoms with E-state index < -0.39 is 5.41 Å². The normalized spacial score (nSPS) is 23.6. The fourth-order valence-electron chi connectivity index (χ4n) is 3.82. The van der Waals surface area contributed by atoms with Crippen LogP contribution in [0.2, 0.25) is 0 Å². The summed E-state index contributed by atoms with van der Waals surface area (Å²) in [5, 5.41) is 0. The van der Waals surface area contributed by atoms with E-state index in [9.17, 15) is 4.79 Å². The smallest absolute Gasteiger partial charge is 0.235 e. The van der Waals surface area contributed by atoms with Gasteiger partial charge in [0.05, 0.1) is 13.2 Å². The molecule has 1 fully saturated rings. The Morgan fingerprint density at radius 2 is 1.96 bits per heavy atom. The highest BCUT2D eigenvalue weighted by atomic mass is 16.5. The first-order valence-electron chi connectivity index (χ1n) is 9.91. The summed E-state index contributed by atoms with van der Waals surface area (Å²) in [6.45, 7) is 8.26. The zero-order valence-corrected chi connectivity index (χ0v) is 17.0. The fourth-order valence-corrected chi connectivity index (χ4v) is 3.82. The van der Waals surface area contributed by atoms with Gasteiger partial charge in [-0.25, -0.2) is 0 Å². The molecule has 1 saturated heterocycles. The van der Waals surface area contributed by atoms with E-state index in [0.717, 1.165) is 13.0 Å². The first-order valence-corrected chi connectivity index (χ1v) is 9.91. The third-order valence-electron chi connectivity index (χ3n) is 5.39. The van der Waals surface area contributed by atoms with Gasteiger partial charge in [0.25, 0.3) is 0 Å². The van der Waals surface area contributed by atoms with Gasteiger partial charge in [-0.3, -0.25) is 14.6 Å². The van der Waals surface area contributed by atoms with Crippen molar-refractivity contribution in [3.8, 4) is 0 Å². The molecule has 2 atom stereocenters. The van der Waals surface area contributed by atoms with Crippen molar-refractivity contribution < 1.29 is 9.53 Å². The van der Waals surface area contributed by atoms with Crippen LogP contribution in [0.25, 0.3) is 0 Å². The van der Waals surface area contributed by atoms with E-state index in [0.29, 0.717) is 19.3 Å².